The predicted octanol–water partition coefficient (Wildman–Crippen LogP) is 5.64. The number of imide groups is 1. The maximum atomic E-state index is 14.4. The van der Waals surface area contributed by atoms with Crippen LogP contribution in [0.5, 0.6) is 5.75 Å². The number of nitrogens with zero attached hydrogens (tertiary/aromatic N) is 2. The number of phenolic OH excluding ortho intramolecular Hbond substituents is 1. The number of hydrogen-bond acceptors (Lipinski definition) is 6. The van der Waals surface area contributed by atoms with Crippen LogP contribution in [0.1, 0.15) is 49.7 Å². The number of hydrogen-bond donors (Lipinski definition) is 1. The monoisotopic (exact) mass is 612 g/mol. The zero-order chi connectivity index (χ0) is 31.7. The first-order valence-corrected chi connectivity index (χ1v) is 16.4. The molecule has 2 amide bonds. The molecule has 232 valence electrons. The van der Waals surface area contributed by atoms with Crippen molar-refractivity contribution in [2.75, 3.05) is 13.1 Å². The smallest absolute Gasteiger partial charge is 0.233 e. The molecule has 0 saturated carbocycles. The number of allylic oxidation sites excluding steroid dienone is 6. The molecule has 3 aromatic rings. The van der Waals surface area contributed by atoms with Crippen LogP contribution in [0.3, 0.4) is 0 Å². The van der Waals surface area contributed by atoms with Gasteiger partial charge in [0.15, 0.2) is 11.6 Å². The zero-order valence-electron chi connectivity index (χ0n) is 25.8. The van der Waals surface area contributed by atoms with Gasteiger partial charge in [0.2, 0.25) is 11.8 Å². The number of Topliss-reactive ketones (excluding diaryl/α,β-unsaturated/α-hetero) is 1. The minimum absolute atomic E-state index is 0.0449. The maximum absolute atomic E-state index is 14.4. The number of aromatic hydroxyl groups is 1. The fraction of sp³-hybridized carbons (Fsp3) is 0.333. The van der Waals surface area contributed by atoms with Crippen molar-refractivity contribution in [3.8, 4) is 5.75 Å². The van der Waals surface area contributed by atoms with Crippen LogP contribution in [-0.4, -0.2) is 57.4 Å². The van der Waals surface area contributed by atoms with Crippen molar-refractivity contribution in [3.63, 3.8) is 0 Å². The van der Waals surface area contributed by atoms with Gasteiger partial charge in [0.1, 0.15) is 5.75 Å². The number of fused-ring (bicyclic) bond motifs is 4. The first-order chi connectivity index (χ1) is 22.3. The minimum atomic E-state index is -0.681. The molecule has 46 heavy (non-hydrogen) atoms. The van der Waals surface area contributed by atoms with Gasteiger partial charge >= 0.3 is 0 Å². The van der Waals surface area contributed by atoms with Crippen LogP contribution >= 0.6 is 0 Å². The average Bonchev–Trinajstić information content (AvgIpc) is 3.33. The molecular formula is C39H36N2O5. The van der Waals surface area contributed by atoms with Crippen LogP contribution in [-0.2, 0) is 25.7 Å². The molecule has 3 aliphatic carbocycles. The number of ketones is 2. The molecule has 8 rings (SSSR count). The second-order valence-corrected chi connectivity index (χ2v) is 13.5. The van der Waals surface area contributed by atoms with E-state index in [0.29, 0.717) is 28.7 Å². The SMILES string of the molecule is CC1=CC(=O)C2=C(CC3C(=CCC4C(=O)N(C5CCN(Cc6ccccc6)CC5)C(=O)C43)C2c2c(O)ccc3ccccc23)C1=O. The third-order valence-electron chi connectivity index (χ3n) is 11.0. The van der Waals surface area contributed by atoms with Crippen molar-refractivity contribution in [1.82, 2.24) is 9.80 Å². The van der Waals surface area contributed by atoms with Gasteiger partial charge in [0.25, 0.3) is 0 Å². The van der Waals surface area contributed by atoms with E-state index in [2.05, 4.69) is 17.0 Å². The van der Waals surface area contributed by atoms with E-state index in [-0.39, 0.29) is 41.6 Å². The molecule has 5 aliphatic rings. The fourth-order valence-electron chi connectivity index (χ4n) is 8.86. The summed E-state index contributed by atoms with van der Waals surface area (Å²) >= 11 is 0. The van der Waals surface area contributed by atoms with E-state index in [0.717, 1.165) is 48.8 Å². The summed E-state index contributed by atoms with van der Waals surface area (Å²) < 4.78 is 0. The van der Waals surface area contributed by atoms with E-state index in [1.165, 1.54) is 11.6 Å². The zero-order valence-corrected chi connectivity index (χ0v) is 25.8. The van der Waals surface area contributed by atoms with E-state index >= 15 is 0 Å². The summed E-state index contributed by atoms with van der Waals surface area (Å²) in [5.41, 5.74) is 3.87. The summed E-state index contributed by atoms with van der Waals surface area (Å²) in [7, 11) is 0. The van der Waals surface area contributed by atoms with Crippen molar-refractivity contribution in [2.24, 2.45) is 17.8 Å². The Morgan fingerprint density at radius 1 is 0.848 bits per heavy atom. The van der Waals surface area contributed by atoms with Gasteiger partial charge in [0, 0.05) is 53.9 Å². The molecule has 7 nitrogen and oxygen atoms in total. The Labute approximate surface area is 267 Å². The molecule has 4 atom stereocenters. The number of piperidine rings is 1. The van der Waals surface area contributed by atoms with Gasteiger partial charge in [-0.25, -0.2) is 0 Å². The molecule has 4 unspecified atom stereocenters. The lowest BCUT2D eigenvalue weighted by Gasteiger charge is -2.42. The average molecular weight is 613 g/mol. The van der Waals surface area contributed by atoms with Crippen LogP contribution in [0.4, 0.5) is 0 Å². The third-order valence-corrected chi connectivity index (χ3v) is 11.0. The second-order valence-electron chi connectivity index (χ2n) is 13.5. The lowest BCUT2D eigenvalue weighted by molar-refractivity contribution is -0.144. The van der Waals surface area contributed by atoms with E-state index in [4.69, 9.17) is 0 Å². The summed E-state index contributed by atoms with van der Waals surface area (Å²) in [5.74, 6) is -2.83. The van der Waals surface area contributed by atoms with Gasteiger partial charge in [-0.2, -0.15) is 0 Å². The Morgan fingerprint density at radius 3 is 2.37 bits per heavy atom. The molecule has 1 N–H and O–H groups in total. The number of carbonyl (C=O) groups is 4. The minimum Gasteiger partial charge on any atom is -0.508 e. The van der Waals surface area contributed by atoms with Gasteiger partial charge in [0.05, 0.1) is 11.8 Å². The molecule has 0 spiro atoms. The Kier molecular flexibility index (Phi) is 6.91. The Balaban J connectivity index is 1.15. The summed E-state index contributed by atoms with van der Waals surface area (Å²) in [6.45, 7) is 4.11. The van der Waals surface area contributed by atoms with Crippen molar-refractivity contribution < 1.29 is 24.3 Å². The molecule has 0 aromatic heterocycles. The van der Waals surface area contributed by atoms with Crippen LogP contribution in [0.25, 0.3) is 10.8 Å². The van der Waals surface area contributed by atoms with Crippen molar-refractivity contribution in [1.29, 1.82) is 0 Å². The molecule has 2 aliphatic heterocycles. The lowest BCUT2D eigenvalue weighted by atomic mass is 9.59. The molecule has 0 radical (unpaired) electrons. The maximum Gasteiger partial charge on any atom is 0.233 e. The Morgan fingerprint density at radius 2 is 1.59 bits per heavy atom. The van der Waals surface area contributed by atoms with Gasteiger partial charge in [-0.1, -0.05) is 72.3 Å². The largest absolute Gasteiger partial charge is 0.508 e. The molecular weight excluding hydrogens is 576 g/mol. The molecule has 3 aromatic carbocycles. The van der Waals surface area contributed by atoms with Crippen LogP contribution in [0.2, 0.25) is 0 Å². The lowest BCUT2D eigenvalue weighted by Crippen LogP contribution is -2.47. The topological polar surface area (TPSA) is 95.0 Å². The number of carbonyl (C=O) groups excluding carboxylic acids is 4. The molecule has 7 heteroatoms. The summed E-state index contributed by atoms with van der Waals surface area (Å²) in [5, 5.41) is 13.1. The second kappa shape index (κ2) is 11.0. The normalized spacial score (nSPS) is 27.0. The van der Waals surface area contributed by atoms with E-state index < -0.39 is 23.7 Å². The van der Waals surface area contributed by atoms with Crippen molar-refractivity contribution >= 4 is 34.2 Å². The number of amides is 2. The van der Waals surface area contributed by atoms with E-state index in [1.54, 1.807) is 17.9 Å². The predicted molar refractivity (Wildman–Crippen MR) is 174 cm³/mol. The summed E-state index contributed by atoms with van der Waals surface area (Å²) in [6.07, 6.45) is 5.52. The number of phenols is 1. The quantitative estimate of drug-likeness (QED) is 0.233. The molecule has 2 heterocycles. The highest BCUT2D eigenvalue weighted by Crippen LogP contribution is 2.57. The van der Waals surface area contributed by atoms with Gasteiger partial charge in [-0.3, -0.25) is 29.0 Å². The summed E-state index contributed by atoms with van der Waals surface area (Å²) in [6, 6.07) is 21.4. The first kappa shape index (κ1) is 28.8. The van der Waals surface area contributed by atoms with Crippen LogP contribution < -0.4 is 0 Å². The highest BCUT2D eigenvalue weighted by molar-refractivity contribution is 6.24. The first-order valence-electron chi connectivity index (χ1n) is 16.4. The van der Waals surface area contributed by atoms with E-state index in [9.17, 15) is 24.3 Å². The highest BCUT2D eigenvalue weighted by Gasteiger charge is 2.57. The van der Waals surface area contributed by atoms with Gasteiger partial charge < -0.3 is 5.11 Å². The van der Waals surface area contributed by atoms with Gasteiger partial charge in [-0.05, 0) is 67.0 Å². The fourth-order valence-corrected chi connectivity index (χ4v) is 8.86. The number of likely N-dealkylation sites (tertiary alicyclic amines) is 2. The molecule has 2 fully saturated rings. The standard InChI is InChI=1S/C39H36N2O5/c1-22-19-32(43)35-30(37(22)44)20-29-27(36(35)34-26-10-6-5-9-24(26)11-14-31(34)42)12-13-28-33(29)39(46)41(38(28)45)25-15-17-40(18-16-25)21-23-7-3-2-4-8-23/h2-12,14,19,25,28-29,33,36,42H,13,15-18,20-21H2,1H3. The number of rotatable bonds is 4. The van der Waals surface area contributed by atoms with Crippen molar-refractivity contribution in [3.05, 3.63) is 112 Å². The van der Waals surface area contributed by atoms with Crippen LogP contribution in [0, 0.1) is 17.8 Å². The highest BCUT2D eigenvalue weighted by atomic mass is 16.3. The van der Waals surface area contributed by atoms with E-state index in [1.807, 2.05) is 54.6 Å². The molecule has 0 bridgehead atoms. The summed E-state index contributed by atoms with van der Waals surface area (Å²) in [4.78, 5) is 59.7. The van der Waals surface area contributed by atoms with Crippen molar-refractivity contribution in [2.45, 2.75) is 51.1 Å². The third kappa shape index (κ3) is 4.43. The Hall–Kier alpha value is -4.62. The van der Waals surface area contributed by atoms with Gasteiger partial charge in [-0.15, -0.1) is 0 Å². The number of benzene rings is 3. The Bertz CT molecular complexity index is 1910. The van der Waals surface area contributed by atoms with Crippen LogP contribution in [0.15, 0.2) is 101 Å². The molecule has 2 saturated heterocycles.